The minimum atomic E-state index is -1.52. The number of halogens is 1. The van der Waals surface area contributed by atoms with Gasteiger partial charge in [-0.25, -0.2) is 0 Å². The highest BCUT2D eigenvalue weighted by Gasteiger charge is 2.09. The Morgan fingerprint density at radius 2 is 2.11 bits per heavy atom. The summed E-state index contributed by atoms with van der Waals surface area (Å²) >= 11 is 5.57. The number of benzene rings is 1. The molecule has 0 saturated heterocycles. The number of ether oxygens (including phenoxy) is 1. The maximum absolute atomic E-state index is 9.30. The molecule has 0 bridgehead atoms. The van der Waals surface area contributed by atoms with Crippen molar-refractivity contribution in [3.05, 3.63) is 36.0 Å². The first kappa shape index (κ1) is 13.1. The monoisotopic (exact) mass is 267 g/mol. The molecule has 1 aromatic heterocycles. The van der Waals surface area contributed by atoms with E-state index in [1.165, 1.54) is 0 Å². The number of pyridine rings is 1. The number of aliphatic hydroxyl groups excluding tert-OH is 1. The number of rotatable bonds is 5. The van der Waals surface area contributed by atoms with Gasteiger partial charge in [0, 0.05) is 23.0 Å². The lowest BCUT2D eigenvalue weighted by atomic mass is 10.1. The summed E-state index contributed by atoms with van der Waals surface area (Å²) in [7, 11) is 0. The van der Waals surface area contributed by atoms with Crippen LogP contribution in [0.25, 0.3) is 10.9 Å². The molecule has 0 fully saturated rings. The van der Waals surface area contributed by atoms with Gasteiger partial charge < -0.3 is 14.9 Å². The fourth-order valence-electron chi connectivity index (χ4n) is 1.71. The van der Waals surface area contributed by atoms with Gasteiger partial charge in [-0.1, -0.05) is 0 Å². The van der Waals surface area contributed by atoms with E-state index < -0.39 is 6.29 Å². The minimum absolute atomic E-state index is 0.419. The van der Waals surface area contributed by atoms with E-state index in [0.29, 0.717) is 34.7 Å². The maximum atomic E-state index is 9.30. The Kier molecular flexibility index (Phi) is 4.36. The van der Waals surface area contributed by atoms with E-state index in [1.54, 1.807) is 30.5 Å². The summed E-state index contributed by atoms with van der Waals surface area (Å²) < 4.78 is 5.51. The summed E-state index contributed by atoms with van der Waals surface area (Å²) in [6, 6.07) is 6.93. The van der Waals surface area contributed by atoms with E-state index in [2.05, 4.69) is 4.98 Å². The third kappa shape index (κ3) is 2.90. The Morgan fingerprint density at radius 3 is 2.83 bits per heavy atom. The van der Waals surface area contributed by atoms with Gasteiger partial charge in [0.05, 0.1) is 12.1 Å². The van der Waals surface area contributed by atoms with Gasteiger partial charge in [0.25, 0.3) is 0 Å². The van der Waals surface area contributed by atoms with Gasteiger partial charge in [-0.15, -0.1) is 11.6 Å². The SMILES string of the molecule is OC(O)c1ccnc2ccc(OCCCCl)cc12. The Balaban J connectivity index is 2.33. The molecule has 0 atom stereocenters. The van der Waals surface area contributed by atoms with E-state index in [4.69, 9.17) is 16.3 Å². The fraction of sp³-hybridized carbons (Fsp3) is 0.308. The lowest BCUT2D eigenvalue weighted by molar-refractivity contribution is -0.0413. The van der Waals surface area contributed by atoms with Crippen LogP contribution in [0.5, 0.6) is 5.75 Å². The first-order chi connectivity index (χ1) is 8.72. The van der Waals surface area contributed by atoms with Crippen molar-refractivity contribution in [3.63, 3.8) is 0 Å². The predicted molar refractivity (Wildman–Crippen MR) is 69.8 cm³/mol. The van der Waals surface area contributed by atoms with Crippen molar-refractivity contribution < 1.29 is 14.9 Å². The van der Waals surface area contributed by atoms with E-state index in [-0.39, 0.29) is 0 Å². The number of aromatic nitrogens is 1. The molecule has 18 heavy (non-hydrogen) atoms. The Morgan fingerprint density at radius 1 is 1.28 bits per heavy atom. The number of aliphatic hydroxyl groups is 2. The number of alkyl halides is 1. The van der Waals surface area contributed by atoms with Crippen LogP contribution in [0.1, 0.15) is 18.3 Å². The molecule has 1 heterocycles. The summed E-state index contributed by atoms with van der Waals surface area (Å²) in [5, 5.41) is 19.3. The lowest BCUT2D eigenvalue weighted by Gasteiger charge is -2.10. The Labute approximate surface area is 110 Å². The first-order valence-electron chi connectivity index (χ1n) is 5.66. The molecule has 0 unspecified atom stereocenters. The van der Waals surface area contributed by atoms with Gasteiger partial charge in [0.1, 0.15) is 5.75 Å². The molecule has 0 amide bonds. The fourth-order valence-corrected chi connectivity index (χ4v) is 1.82. The van der Waals surface area contributed by atoms with Crippen LogP contribution in [-0.4, -0.2) is 27.7 Å². The summed E-state index contributed by atoms with van der Waals surface area (Å²) in [4.78, 5) is 4.16. The van der Waals surface area contributed by atoms with Gasteiger partial charge in [0.2, 0.25) is 0 Å². The topological polar surface area (TPSA) is 62.6 Å². The van der Waals surface area contributed by atoms with Crippen LogP contribution in [0.3, 0.4) is 0 Å². The molecule has 0 aliphatic carbocycles. The second-order valence-electron chi connectivity index (χ2n) is 3.84. The zero-order valence-electron chi connectivity index (χ0n) is 9.71. The lowest BCUT2D eigenvalue weighted by Crippen LogP contribution is -2.00. The van der Waals surface area contributed by atoms with Crippen LogP contribution in [0.2, 0.25) is 0 Å². The average Bonchev–Trinajstić information content (AvgIpc) is 2.38. The second-order valence-corrected chi connectivity index (χ2v) is 4.22. The molecule has 2 aromatic rings. The smallest absolute Gasteiger partial charge is 0.179 e. The molecule has 0 radical (unpaired) electrons. The highest BCUT2D eigenvalue weighted by atomic mass is 35.5. The Bertz CT molecular complexity index is 531. The molecular weight excluding hydrogens is 254 g/mol. The zero-order valence-corrected chi connectivity index (χ0v) is 10.5. The maximum Gasteiger partial charge on any atom is 0.179 e. The van der Waals surface area contributed by atoms with Crippen molar-refractivity contribution >= 4 is 22.5 Å². The van der Waals surface area contributed by atoms with Crippen LogP contribution < -0.4 is 4.74 Å². The van der Waals surface area contributed by atoms with Gasteiger partial charge in [0.15, 0.2) is 6.29 Å². The van der Waals surface area contributed by atoms with Crippen molar-refractivity contribution in [2.75, 3.05) is 12.5 Å². The molecule has 0 spiro atoms. The molecule has 4 nitrogen and oxygen atoms in total. The molecule has 0 aliphatic rings. The largest absolute Gasteiger partial charge is 0.494 e. The second kappa shape index (κ2) is 6.00. The van der Waals surface area contributed by atoms with Crippen molar-refractivity contribution in [2.24, 2.45) is 0 Å². The number of fused-ring (bicyclic) bond motifs is 1. The molecular formula is C13H14ClNO3. The highest BCUT2D eigenvalue weighted by molar-refractivity contribution is 6.17. The van der Waals surface area contributed by atoms with Crippen LogP contribution in [0.4, 0.5) is 0 Å². The van der Waals surface area contributed by atoms with Crippen LogP contribution in [-0.2, 0) is 0 Å². The van der Waals surface area contributed by atoms with Crippen molar-refractivity contribution in [1.82, 2.24) is 4.98 Å². The average molecular weight is 268 g/mol. The normalized spacial score (nSPS) is 11.1. The Hall–Kier alpha value is -1.36. The van der Waals surface area contributed by atoms with Gasteiger partial charge in [-0.3, -0.25) is 4.98 Å². The van der Waals surface area contributed by atoms with E-state index in [0.717, 1.165) is 6.42 Å². The third-order valence-electron chi connectivity index (χ3n) is 2.57. The minimum Gasteiger partial charge on any atom is -0.494 e. The number of hydrogen-bond acceptors (Lipinski definition) is 4. The van der Waals surface area contributed by atoms with Crippen LogP contribution in [0.15, 0.2) is 30.5 Å². The molecule has 2 rings (SSSR count). The standard InChI is InChI=1S/C13H14ClNO3/c14-5-1-7-18-9-2-3-12-11(8-9)10(13(16)17)4-6-15-12/h2-4,6,8,13,16-17H,1,5,7H2. The zero-order chi connectivity index (χ0) is 13.0. The molecule has 0 aliphatic heterocycles. The molecule has 5 heteroatoms. The van der Waals surface area contributed by atoms with Crippen molar-refractivity contribution in [1.29, 1.82) is 0 Å². The van der Waals surface area contributed by atoms with Gasteiger partial charge in [-0.2, -0.15) is 0 Å². The van der Waals surface area contributed by atoms with Gasteiger partial charge in [-0.05, 0) is 30.7 Å². The van der Waals surface area contributed by atoms with Crippen molar-refractivity contribution in [3.8, 4) is 5.75 Å². The van der Waals surface area contributed by atoms with Crippen LogP contribution in [0, 0.1) is 0 Å². The quantitative estimate of drug-likeness (QED) is 0.495. The number of nitrogens with zero attached hydrogens (tertiary/aromatic N) is 1. The molecule has 96 valence electrons. The number of hydrogen-bond donors (Lipinski definition) is 2. The van der Waals surface area contributed by atoms with Crippen LogP contribution >= 0.6 is 11.6 Å². The summed E-state index contributed by atoms with van der Waals surface area (Å²) in [5.74, 6) is 1.22. The molecule has 2 N–H and O–H groups in total. The van der Waals surface area contributed by atoms with Crippen molar-refractivity contribution in [2.45, 2.75) is 12.7 Å². The molecule has 0 saturated carbocycles. The third-order valence-corrected chi connectivity index (χ3v) is 2.84. The van der Waals surface area contributed by atoms with E-state index in [1.807, 2.05) is 0 Å². The molecule has 1 aromatic carbocycles. The van der Waals surface area contributed by atoms with E-state index >= 15 is 0 Å². The van der Waals surface area contributed by atoms with Gasteiger partial charge >= 0.3 is 0 Å². The predicted octanol–water partition coefficient (Wildman–Crippen LogP) is 2.23. The summed E-state index contributed by atoms with van der Waals surface area (Å²) in [6.45, 7) is 0.534. The summed E-state index contributed by atoms with van der Waals surface area (Å²) in [6.07, 6.45) is 0.793. The summed E-state index contributed by atoms with van der Waals surface area (Å²) in [5.41, 5.74) is 1.12. The van der Waals surface area contributed by atoms with E-state index in [9.17, 15) is 10.2 Å². The first-order valence-corrected chi connectivity index (χ1v) is 6.19. The highest BCUT2D eigenvalue weighted by Crippen LogP contribution is 2.25.